The van der Waals surface area contributed by atoms with E-state index in [2.05, 4.69) is 41.5 Å². The fourth-order valence-corrected chi connectivity index (χ4v) is 5.75. The number of urea groups is 1. The summed E-state index contributed by atoms with van der Waals surface area (Å²) in [4.78, 5) is 15.1. The summed E-state index contributed by atoms with van der Waals surface area (Å²) in [5.41, 5.74) is 1.01. The number of likely N-dealkylation sites (tertiary alicyclic amines) is 1. The zero-order valence-electron chi connectivity index (χ0n) is 20.2. The number of halogens is 2. The van der Waals surface area contributed by atoms with Crippen LogP contribution < -0.4 is 20.1 Å². The third-order valence-electron chi connectivity index (χ3n) is 7.43. The van der Waals surface area contributed by atoms with Gasteiger partial charge in [-0.3, -0.25) is 4.90 Å². The lowest BCUT2D eigenvalue weighted by atomic mass is 9.65. The van der Waals surface area contributed by atoms with Crippen molar-refractivity contribution in [3.63, 3.8) is 0 Å². The minimum Gasteiger partial charge on any atom is -0.493 e. The van der Waals surface area contributed by atoms with E-state index in [9.17, 15) is 13.6 Å². The van der Waals surface area contributed by atoms with Crippen LogP contribution in [0.4, 0.5) is 19.3 Å². The molecule has 0 aromatic heterocycles. The minimum absolute atomic E-state index is 0.0485. The van der Waals surface area contributed by atoms with Crippen LogP contribution in [0.1, 0.15) is 45.1 Å². The van der Waals surface area contributed by atoms with Crippen LogP contribution in [0.3, 0.4) is 0 Å². The molecular weight excluding hydrogens is 440 g/mol. The molecule has 2 fully saturated rings. The molecule has 2 aromatic carbocycles. The van der Waals surface area contributed by atoms with Crippen molar-refractivity contribution in [3.8, 4) is 11.5 Å². The molecule has 2 N–H and O–H groups in total. The number of nitrogens with one attached hydrogen (secondary N) is 2. The third-order valence-corrected chi connectivity index (χ3v) is 7.43. The molecule has 2 aromatic rings. The molecule has 2 amide bonds. The first-order valence-corrected chi connectivity index (χ1v) is 11.8. The number of amides is 2. The Morgan fingerprint density at radius 1 is 1.09 bits per heavy atom. The average molecular weight is 474 g/mol. The first-order chi connectivity index (χ1) is 16.3. The monoisotopic (exact) mass is 473 g/mol. The molecule has 34 heavy (non-hydrogen) atoms. The molecule has 1 saturated carbocycles. The van der Waals surface area contributed by atoms with Crippen molar-refractivity contribution in [2.45, 2.75) is 63.1 Å². The van der Waals surface area contributed by atoms with Gasteiger partial charge in [-0.05, 0) is 75.9 Å². The van der Waals surface area contributed by atoms with Gasteiger partial charge in [-0.1, -0.05) is 6.07 Å². The van der Waals surface area contributed by atoms with Gasteiger partial charge in [-0.2, -0.15) is 0 Å². The Morgan fingerprint density at radius 3 is 2.56 bits per heavy atom. The third kappa shape index (κ3) is 4.56. The fourth-order valence-electron chi connectivity index (χ4n) is 5.75. The zero-order valence-corrected chi connectivity index (χ0v) is 20.2. The molecule has 3 atom stereocenters. The molecule has 1 aliphatic carbocycles. The van der Waals surface area contributed by atoms with Crippen molar-refractivity contribution in [1.82, 2.24) is 10.2 Å². The summed E-state index contributed by atoms with van der Waals surface area (Å²) >= 11 is 0. The quantitative estimate of drug-likeness (QED) is 0.615. The highest BCUT2D eigenvalue weighted by Crippen LogP contribution is 2.50. The lowest BCUT2D eigenvalue weighted by molar-refractivity contribution is 0.113. The van der Waals surface area contributed by atoms with Crippen LogP contribution in [0.2, 0.25) is 0 Å². The second-order valence-corrected chi connectivity index (χ2v) is 9.52. The van der Waals surface area contributed by atoms with Crippen LogP contribution >= 0.6 is 0 Å². The van der Waals surface area contributed by atoms with Crippen LogP contribution in [0.5, 0.6) is 11.5 Å². The lowest BCUT2D eigenvalue weighted by Crippen LogP contribution is -2.54. The van der Waals surface area contributed by atoms with Gasteiger partial charge in [-0.25, -0.2) is 13.6 Å². The maximum atomic E-state index is 13.9. The Labute approximate surface area is 199 Å². The topological polar surface area (TPSA) is 62.8 Å². The molecule has 2 aliphatic rings. The van der Waals surface area contributed by atoms with E-state index in [1.807, 2.05) is 6.07 Å². The van der Waals surface area contributed by atoms with E-state index in [0.717, 1.165) is 50.4 Å². The van der Waals surface area contributed by atoms with Gasteiger partial charge in [0.1, 0.15) is 11.6 Å². The van der Waals surface area contributed by atoms with Gasteiger partial charge in [0.25, 0.3) is 0 Å². The van der Waals surface area contributed by atoms with Crippen LogP contribution in [0, 0.1) is 11.6 Å². The number of fused-ring (bicyclic) bond motifs is 1. The number of hydrogen-bond acceptors (Lipinski definition) is 4. The Morgan fingerprint density at radius 2 is 1.85 bits per heavy atom. The minimum atomic E-state index is -0.672. The molecule has 6 nitrogen and oxygen atoms in total. The normalized spacial score (nSPS) is 24.6. The van der Waals surface area contributed by atoms with Crippen molar-refractivity contribution in [2.75, 3.05) is 26.1 Å². The molecule has 1 aliphatic heterocycles. The average Bonchev–Trinajstić information content (AvgIpc) is 3.21. The number of rotatable bonds is 6. The standard InChI is InChI=1S/C26H33F2N3O3/c1-16(2)31-12-11-26(17-5-8-22(33-3)23(13-17)34-4)10-9-19(15-24(26)31)29-25(32)30-21-14-18(27)6-7-20(21)28/h5-8,13-14,16,19,24H,9-12,15H2,1-4H3,(H2,29,30,32)/t19-,24+,26+/m1/s1. The molecule has 1 heterocycles. The predicted molar refractivity (Wildman–Crippen MR) is 128 cm³/mol. The van der Waals surface area contributed by atoms with Crippen LogP contribution in [-0.4, -0.2) is 49.8 Å². The second-order valence-electron chi connectivity index (χ2n) is 9.52. The molecular formula is C26H33F2N3O3. The summed E-state index contributed by atoms with van der Waals surface area (Å²) in [6.45, 7) is 5.37. The van der Waals surface area contributed by atoms with Crippen molar-refractivity contribution in [1.29, 1.82) is 0 Å². The van der Waals surface area contributed by atoms with Gasteiger partial charge in [0.15, 0.2) is 11.5 Å². The van der Waals surface area contributed by atoms with Crippen molar-refractivity contribution >= 4 is 11.7 Å². The van der Waals surface area contributed by atoms with E-state index in [4.69, 9.17) is 9.47 Å². The van der Waals surface area contributed by atoms with Crippen LogP contribution in [-0.2, 0) is 5.41 Å². The van der Waals surface area contributed by atoms with E-state index in [-0.39, 0.29) is 23.2 Å². The van der Waals surface area contributed by atoms with E-state index in [0.29, 0.717) is 17.5 Å². The van der Waals surface area contributed by atoms with Gasteiger partial charge in [0.2, 0.25) is 0 Å². The number of carbonyl (C=O) groups excluding carboxylic acids is 1. The van der Waals surface area contributed by atoms with Crippen molar-refractivity contribution < 1.29 is 23.0 Å². The van der Waals surface area contributed by atoms with Crippen molar-refractivity contribution in [3.05, 3.63) is 53.6 Å². The number of methoxy groups -OCH3 is 2. The molecule has 1 saturated heterocycles. The first-order valence-electron chi connectivity index (χ1n) is 11.8. The van der Waals surface area contributed by atoms with E-state index in [1.54, 1.807) is 14.2 Å². The fraction of sp³-hybridized carbons (Fsp3) is 0.500. The Kier molecular flexibility index (Phi) is 6.98. The summed E-state index contributed by atoms with van der Waals surface area (Å²) in [6.07, 6.45) is 3.48. The molecule has 0 unspecified atom stereocenters. The molecule has 8 heteroatoms. The van der Waals surface area contributed by atoms with E-state index in [1.165, 1.54) is 5.56 Å². The second kappa shape index (κ2) is 9.78. The summed E-state index contributed by atoms with van der Waals surface area (Å²) in [7, 11) is 3.28. The molecule has 0 spiro atoms. The number of benzene rings is 2. The van der Waals surface area contributed by atoms with Gasteiger partial charge >= 0.3 is 6.03 Å². The smallest absolute Gasteiger partial charge is 0.319 e. The molecule has 0 radical (unpaired) electrons. The Hall–Kier alpha value is -2.87. The highest BCUT2D eigenvalue weighted by molar-refractivity contribution is 5.89. The summed E-state index contributed by atoms with van der Waals surface area (Å²) < 4.78 is 38.4. The maximum Gasteiger partial charge on any atom is 0.319 e. The highest BCUT2D eigenvalue weighted by atomic mass is 19.1. The largest absolute Gasteiger partial charge is 0.493 e. The first kappa shape index (κ1) is 24.3. The number of hydrogen-bond donors (Lipinski definition) is 2. The maximum absolute atomic E-state index is 13.9. The SMILES string of the molecule is COc1ccc([C@@]23CC[C@@H](NC(=O)Nc4cc(F)ccc4F)C[C@@H]2N(C(C)C)CC3)cc1OC. The number of nitrogens with zero attached hydrogens (tertiary/aromatic N) is 1. The van der Waals surface area contributed by atoms with Crippen LogP contribution in [0.25, 0.3) is 0 Å². The highest BCUT2D eigenvalue weighted by Gasteiger charge is 2.52. The summed E-state index contributed by atoms with van der Waals surface area (Å²) in [5.74, 6) is 0.143. The lowest BCUT2D eigenvalue weighted by Gasteiger charge is -2.46. The zero-order chi connectivity index (χ0) is 24.5. The molecule has 4 rings (SSSR count). The number of carbonyl (C=O) groups is 1. The van der Waals surface area contributed by atoms with Gasteiger partial charge < -0.3 is 20.1 Å². The summed E-state index contributed by atoms with van der Waals surface area (Å²) in [6, 6.07) is 9.18. The van der Waals surface area contributed by atoms with E-state index < -0.39 is 17.7 Å². The Bertz CT molecular complexity index is 1050. The predicted octanol–water partition coefficient (Wildman–Crippen LogP) is 5.08. The number of ether oxygens (including phenoxy) is 2. The Balaban J connectivity index is 1.54. The van der Waals surface area contributed by atoms with Crippen molar-refractivity contribution in [2.24, 2.45) is 0 Å². The van der Waals surface area contributed by atoms with Crippen LogP contribution in [0.15, 0.2) is 36.4 Å². The van der Waals surface area contributed by atoms with Gasteiger partial charge in [0.05, 0.1) is 19.9 Å². The molecule has 184 valence electrons. The van der Waals surface area contributed by atoms with Gasteiger partial charge in [0, 0.05) is 29.6 Å². The summed E-state index contributed by atoms with van der Waals surface area (Å²) in [5, 5.41) is 5.44. The van der Waals surface area contributed by atoms with Gasteiger partial charge in [-0.15, -0.1) is 0 Å². The van der Waals surface area contributed by atoms with E-state index >= 15 is 0 Å². The number of anilines is 1. The molecule has 0 bridgehead atoms.